The van der Waals surface area contributed by atoms with Crippen LogP contribution in [0.15, 0.2) is 54.6 Å². The Labute approximate surface area is 174 Å². The van der Waals surface area contributed by atoms with E-state index >= 15 is 0 Å². The Morgan fingerprint density at radius 3 is 2.25 bits per heavy atom. The Kier molecular flexibility index (Phi) is 7.09. The number of piperazine rings is 1. The van der Waals surface area contributed by atoms with Crippen LogP contribution in [0.4, 0.5) is 5.69 Å². The van der Waals surface area contributed by atoms with Crippen LogP contribution in [0.1, 0.15) is 5.56 Å². The summed E-state index contributed by atoms with van der Waals surface area (Å²) >= 11 is 12.2. The first-order chi connectivity index (χ1) is 13.5. The van der Waals surface area contributed by atoms with Gasteiger partial charge in [-0.2, -0.15) is 0 Å². The van der Waals surface area contributed by atoms with Crippen LogP contribution in [0, 0.1) is 0 Å². The number of halogens is 2. The van der Waals surface area contributed by atoms with Gasteiger partial charge < -0.3 is 10.2 Å². The minimum absolute atomic E-state index is 0.0555. The molecule has 1 aliphatic heterocycles. The van der Waals surface area contributed by atoms with E-state index in [0.717, 1.165) is 5.56 Å². The number of rotatable bonds is 5. The van der Waals surface area contributed by atoms with Gasteiger partial charge in [-0.3, -0.25) is 14.5 Å². The number of amides is 2. The van der Waals surface area contributed by atoms with E-state index in [1.165, 1.54) is 0 Å². The summed E-state index contributed by atoms with van der Waals surface area (Å²) in [7, 11) is 0. The van der Waals surface area contributed by atoms with Crippen molar-refractivity contribution >= 4 is 46.8 Å². The van der Waals surface area contributed by atoms with E-state index in [4.69, 9.17) is 23.2 Å². The third-order valence-electron chi connectivity index (χ3n) is 4.51. The van der Waals surface area contributed by atoms with Crippen LogP contribution >= 0.6 is 23.2 Å². The number of nitrogens with one attached hydrogen (secondary N) is 1. The zero-order valence-electron chi connectivity index (χ0n) is 15.3. The highest BCUT2D eigenvalue weighted by atomic mass is 35.5. The fourth-order valence-corrected chi connectivity index (χ4v) is 3.34. The van der Waals surface area contributed by atoms with Gasteiger partial charge in [0.05, 0.1) is 17.3 Å². The number of hydrogen-bond acceptors (Lipinski definition) is 3. The van der Waals surface area contributed by atoms with Crippen molar-refractivity contribution in [3.8, 4) is 0 Å². The van der Waals surface area contributed by atoms with Gasteiger partial charge in [0.2, 0.25) is 11.8 Å². The lowest BCUT2D eigenvalue weighted by Gasteiger charge is -2.33. The van der Waals surface area contributed by atoms with E-state index in [2.05, 4.69) is 5.32 Å². The van der Waals surface area contributed by atoms with Crippen molar-refractivity contribution in [3.63, 3.8) is 0 Å². The van der Waals surface area contributed by atoms with Crippen LogP contribution < -0.4 is 5.32 Å². The smallest absolute Gasteiger partial charge is 0.246 e. The van der Waals surface area contributed by atoms with E-state index in [0.29, 0.717) is 41.9 Å². The van der Waals surface area contributed by atoms with Crippen molar-refractivity contribution in [2.24, 2.45) is 0 Å². The molecular formula is C21H21Cl2N3O2. The minimum Gasteiger partial charge on any atom is -0.337 e. The van der Waals surface area contributed by atoms with Gasteiger partial charge in [-0.1, -0.05) is 53.5 Å². The van der Waals surface area contributed by atoms with Gasteiger partial charge in [0, 0.05) is 37.3 Å². The molecule has 0 unspecified atom stereocenters. The fraction of sp³-hybridized carbons (Fsp3) is 0.238. The van der Waals surface area contributed by atoms with Gasteiger partial charge in [-0.05, 0) is 29.8 Å². The van der Waals surface area contributed by atoms with Crippen molar-refractivity contribution in [1.29, 1.82) is 0 Å². The van der Waals surface area contributed by atoms with Gasteiger partial charge in [0.15, 0.2) is 0 Å². The number of nitrogens with zero attached hydrogens (tertiary/aromatic N) is 2. The number of carbonyl (C=O) groups is 2. The molecule has 0 atom stereocenters. The van der Waals surface area contributed by atoms with Crippen molar-refractivity contribution in [2.75, 3.05) is 38.0 Å². The fourth-order valence-electron chi connectivity index (χ4n) is 2.96. The van der Waals surface area contributed by atoms with Crippen LogP contribution in [0.25, 0.3) is 6.08 Å². The van der Waals surface area contributed by atoms with E-state index in [9.17, 15) is 9.59 Å². The molecule has 28 heavy (non-hydrogen) atoms. The first-order valence-corrected chi connectivity index (χ1v) is 9.77. The Hall–Kier alpha value is -2.34. The van der Waals surface area contributed by atoms with Crippen molar-refractivity contribution in [2.45, 2.75) is 0 Å². The lowest BCUT2D eigenvalue weighted by Crippen LogP contribution is -2.50. The predicted octanol–water partition coefficient (Wildman–Crippen LogP) is 3.79. The molecule has 0 aliphatic carbocycles. The minimum atomic E-state index is -0.119. The molecule has 0 radical (unpaired) electrons. The van der Waals surface area contributed by atoms with E-state index in [1.54, 1.807) is 35.3 Å². The second-order valence-corrected chi connectivity index (χ2v) is 7.30. The highest BCUT2D eigenvalue weighted by Gasteiger charge is 2.21. The maximum absolute atomic E-state index is 12.4. The average molecular weight is 418 g/mol. The molecule has 146 valence electrons. The molecule has 0 spiro atoms. The standard InChI is InChI=1S/C21H21Cl2N3O2/c22-17-6-2-1-5-16(17)9-10-21(28)26-13-11-25(12-14-26)15-20(27)24-19-8-4-3-7-18(19)23/h1-10H,11-15H2,(H,24,27)/b10-9+. The Bertz CT molecular complexity index is 877. The van der Waals surface area contributed by atoms with Crippen molar-refractivity contribution < 1.29 is 9.59 Å². The first-order valence-electron chi connectivity index (χ1n) is 9.01. The van der Waals surface area contributed by atoms with E-state index < -0.39 is 0 Å². The molecule has 2 amide bonds. The Morgan fingerprint density at radius 1 is 0.929 bits per heavy atom. The molecule has 7 heteroatoms. The number of carbonyl (C=O) groups excluding carboxylic acids is 2. The third kappa shape index (κ3) is 5.58. The highest BCUT2D eigenvalue weighted by molar-refractivity contribution is 6.33. The first kappa shape index (κ1) is 20.4. The zero-order valence-corrected chi connectivity index (χ0v) is 16.8. The van der Waals surface area contributed by atoms with Gasteiger partial charge in [-0.15, -0.1) is 0 Å². The van der Waals surface area contributed by atoms with Gasteiger partial charge >= 0.3 is 0 Å². The Morgan fingerprint density at radius 2 is 1.57 bits per heavy atom. The zero-order chi connectivity index (χ0) is 19.9. The molecule has 1 fully saturated rings. The van der Waals surface area contributed by atoms with Crippen molar-refractivity contribution in [1.82, 2.24) is 9.80 Å². The third-order valence-corrected chi connectivity index (χ3v) is 5.18. The van der Waals surface area contributed by atoms with Crippen LogP contribution in [-0.4, -0.2) is 54.3 Å². The number of para-hydroxylation sites is 1. The number of anilines is 1. The molecule has 3 rings (SSSR count). The molecule has 1 aliphatic rings. The summed E-state index contributed by atoms with van der Waals surface area (Å²) in [6.07, 6.45) is 3.27. The van der Waals surface area contributed by atoms with Gasteiger partial charge in [0.25, 0.3) is 0 Å². The Balaban J connectivity index is 1.46. The lowest BCUT2D eigenvalue weighted by molar-refractivity contribution is -0.127. The molecule has 5 nitrogen and oxygen atoms in total. The monoisotopic (exact) mass is 417 g/mol. The van der Waals surface area contributed by atoms with Crippen molar-refractivity contribution in [3.05, 3.63) is 70.2 Å². The molecule has 2 aromatic rings. The lowest BCUT2D eigenvalue weighted by atomic mass is 10.2. The van der Waals surface area contributed by atoms with Crippen LogP contribution in [0.2, 0.25) is 10.0 Å². The van der Waals surface area contributed by atoms with Crippen LogP contribution in [-0.2, 0) is 9.59 Å². The maximum atomic E-state index is 12.4. The summed E-state index contributed by atoms with van der Waals surface area (Å²) in [5.41, 5.74) is 1.42. The van der Waals surface area contributed by atoms with Gasteiger partial charge in [-0.25, -0.2) is 0 Å². The molecule has 0 aromatic heterocycles. The normalized spacial score (nSPS) is 15.0. The SMILES string of the molecule is O=C(CN1CCN(C(=O)/C=C/c2ccccc2Cl)CC1)Nc1ccccc1Cl. The van der Waals surface area contributed by atoms with E-state index in [-0.39, 0.29) is 18.4 Å². The molecule has 2 aromatic carbocycles. The summed E-state index contributed by atoms with van der Waals surface area (Å²) in [6.45, 7) is 2.70. The summed E-state index contributed by atoms with van der Waals surface area (Å²) in [5, 5.41) is 3.94. The topological polar surface area (TPSA) is 52.7 Å². The maximum Gasteiger partial charge on any atom is 0.246 e. The summed E-state index contributed by atoms with van der Waals surface area (Å²) in [4.78, 5) is 28.4. The number of hydrogen-bond donors (Lipinski definition) is 1. The predicted molar refractivity (Wildman–Crippen MR) is 114 cm³/mol. The van der Waals surface area contributed by atoms with Crippen LogP contribution in [0.5, 0.6) is 0 Å². The van der Waals surface area contributed by atoms with Crippen LogP contribution in [0.3, 0.4) is 0 Å². The number of benzene rings is 2. The molecule has 1 heterocycles. The average Bonchev–Trinajstić information content (AvgIpc) is 2.69. The largest absolute Gasteiger partial charge is 0.337 e. The molecular weight excluding hydrogens is 397 g/mol. The molecule has 1 saturated heterocycles. The molecule has 0 bridgehead atoms. The summed E-state index contributed by atoms with van der Waals surface area (Å²) in [6, 6.07) is 14.5. The quantitative estimate of drug-likeness (QED) is 0.752. The van der Waals surface area contributed by atoms with Gasteiger partial charge in [0.1, 0.15) is 0 Å². The summed E-state index contributed by atoms with van der Waals surface area (Å²) in [5.74, 6) is -0.174. The highest BCUT2D eigenvalue weighted by Crippen LogP contribution is 2.20. The summed E-state index contributed by atoms with van der Waals surface area (Å²) < 4.78 is 0. The molecule has 1 N–H and O–H groups in total. The second-order valence-electron chi connectivity index (χ2n) is 6.48. The molecule has 0 saturated carbocycles. The second kappa shape index (κ2) is 9.73. The van der Waals surface area contributed by atoms with E-state index in [1.807, 2.05) is 35.2 Å².